The number of benzene rings is 3. The van der Waals surface area contributed by atoms with E-state index in [0.717, 1.165) is 47.1 Å². The number of thiophene rings is 1. The molecule has 1 aromatic heterocycles. The Balaban J connectivity index is 0.000000606. The molecule has 3 aliphatic heterocycles. The van der Waals surface area contributed by atoms with Gasteiger partial charge in [-0.25, -0.2) is 9.59 Å². The zero-order valence-electron chi connectivity index (χ0n) is 26.6. The topological polar surface area (TPSA) is 122 Å². The van der Waals surface area contributed by atoms with Gasteiger partial charge in [0.25, 0.3) is 0 Å². The highest BCUT2D eigenvalue weighted by molar-refractivity contribution is 7.17. The smallest absolute Gasteiger partial charge is 0.430 e. The molecule has 0 saturated carbocycles. The van der Waals surface area contributed by atoms with Crippen LogP contribution in [0.2, 0.25) is 0 Å². The van der Waals surface area contributed by atoms with E-state index in [9.17, 15) is 27.6 Å². The Bertz CT molecular complexity index is 1800. The molecule has 13 heteroatoms. The van der Waals surface area contributed by atoms with Crippen LogP contribution in [0, 0.1) is 5.92 Å². The van der Waals surface area contributed by atoms with Crippen LogP contribution in [0.4, 0.5) is 18.9 Å². The molecule has 2 atom stereocenters. The highest BCUT2D eigenvalue weighted by Crippen LogP contribution is 2.38. The first-order valence-electron chi connectivity index (χ1n) is 15.8. The van der Waals surface area contributed by atoms with Crippen molar-refractivity contribution in [3.8, 4) is 0 Å². The fraction of sp³-hybridized carbons (Fsp3) is 0.333. The summed E-state index contributed by atoms with van der Waals surface area (Å²) in [6, 6.07) is 23.7. The summed E-state index contributed by atoms with van der Waals surface area (Å²) in [7, 11) is 0. The van der Waals surface area contributed by atoms with Crippen LogP contribution in [0.15, 0.2) is 84.2 Å². The normalized spacial score (nSPS) is 20.4. The number of hydrogen-bond acceptors (Lipinski definition) is 9. The van der Waals surface area contributed by atoms with Crippen molar-refractivity contribution < 1.29 is 51.4 Å². The number of anilines is 1. The minimum absolute atomic E-state index is 0.131. The zero-order chi connectivity index (χ0) is 35.2. The quantitative estimate of drug-likeness (QED) is 0.130. The van der Waals surface area contributed by atoms with Gasteiger partial charge in [0, 0.05) is 40.3 Å². The summed E-state index contributed by atoms with van der Waals surface area (Å²) in [5.41, 5.74) is 2.61. The number of esters is 2. The Morgan fingerprint density at radius 3 is 2.29 bits per heavy atom. The van der Waals surface area contributed by atoms with E-state index in [2.05, 4.69) is 5.32 Å². The number of quaternary nitrogens is 1. The van der Waals surface area contributed by atoms with Gasteiger partial charge in [-0.2, -0.15) is 13.2 Å². The maximum Gasteiger partial charge on any atom is 0.430 e. The van der Waals surface area contributed by atoms with Gasteiger partial charge in [-0.3, -0.25) is 4.79 Å². The van der Waals surface area contributed by atoms with Crippen molar-refractivity contribution >= 4 is 50.8 Å². The molecule has 0 aliphatic carbocycles. The number of nitrogens with one attached hydrogen (secondary N) is 1. The molecule has 4 heterocycles. The molecule has 1 N–H and O–H groups in total. The van der Waals surface area contributed by atoms with Crippen molar-refractivity contribution in [2.45, 2.75) is 38.1 Å². The van der Waals surface area contributed by atoms with E-state index in [0.29, 0.717) is 28.8 Å². The number of aliphatic carboxylic acids is 1. The van der Waals surface area contributed by atoms with E-state index < -0.39 is 24.2 Å². The SMILES string of the molecule is CCOC(=O)c1cccc(NC(C(=O)O[C@H]2C[N+]3(CC(=O)c4ccccc4)CCC2CC3)c2csc3ccccc23)c1.O=C([O-])C(F)(F)F. The number of carboxylic acids is 1. The minimum atomic E-state index is -5.19. The van der Waals surface area contributed by atoms with Gasteiger partial charge >= 0.3 is 18.1 Å². The van der Waals surface area contributed by atoms with E-state index in [1.807, 2.05) is 66.0 Å². The van der Waals surface area contributed by atoms with E-state index in [1.54, 1.807) is 36.5 Å². The Morgan fingerprint density at radius 1 is 0.959 bits per heavy atom. The Hall–Kier alpha value is -4.75. The van der Waals surface area contributed by atoms with Crippen LogP contribution in [-0.2, 0) is 19.1 Å². The monoisotopic (exact) mass is 696 g/mol. The van der Waals surface area contributed by atoms with E-state index >= 15 is 0 Å². The third kappa shape index (κ3) is 8.65. The van der Waals surface area contributed by atoms with Crippen LogP contribution in [0.3, 0.4) is 0 Å². The number of alkyl halides is 3. The molecule has 4 aromatic rings. The van der Waals surface area contributed by atoms with Crippen molar-refractivity contribution in [1.29, 1.82) is 0 Å². The van der Waals surface area contributed by atoms with Crippen LogP contribution in [0.5, 0.6) is 0 Å². The van der Waals surface area contributed by atoms with Crippen molar-refractivity contribution in [3.63, 3.8) is 0 Å². The molecule has 9 nitrogen and oxygen atoms in total. The van der Waals surface area contributed by atoms with Gasteiger partial charge in [0.2, 0.25) is 5.78 Å². The fourth-order valence-corrected chi connectivity index (χ4v) is 7.40. The Morgan fingerprint density at radius 2 is 1.61 bits per heavy atom. The molecule has 0 spiro atoms. The van der Waals surface area contributed by atoms with Crippen LogP contribution < -0.4 is 10.4 Å². The maximum atomic E-state index is 14.1. The highest BCUT2D eigenvalue weighted by Gasteiger charge is 2.49. The highest BCUT2D eigenvalue weighted by atomic mass is 32.1. The number of rotatable bonds is 10. The molecule has 3 aliphatic rings. The average Bonchev–Trinajstić information content (AvgIpc) is 3.52. The molecule has 258 valence electrons. The molecule has 7 rings (SSSR count). The van der Waals surface area contributed by atoms with E-state index in [-0.39, 0.29) is 30.4 Å². The van der Waals surface area contributed by atoms with Crippen molar-refractivity contribution in [2.24, 2.45) is 5.92 Å². The number of ketones is 1. The van der Waals surface area contributed by atoms with Gasteiger partial charge in [0.05, 0.1) is 25.3 Å². The van der Waals surface area contributed by atoms with Gasteiger partial charge in [-0.05, 0) is 42.0 Å². The second kappa shape index (κ2) is 15.2. The molecule has 2 bridgehead atoms. The number of piperidine rings is 3. The number of fused-ring (bicyclic) bond motifs is 4. The third-order valence-electron chi connectivity index (χ3n) is 8.86. The number of nitrogens with zero attached hydrogens (tertiary/aromatic N) is 1. The van der Waals surface area contributed by atoms with Gasteiger partial charge < -0.3 is 29.2 Å². The standard InChI is InChI=1S/C34H35N2O5S.C2HF3O2/c1-2-40-33(38)25-11-8-12-26(19-25)35-32(28-22-42-31-14-7-6-13-27(28)31)34(39)41-30-21-36(17-15-24(30)16-18-36)20-29(37)23-9-4-3-5-10-23;3-2(4,5)1(6)7/h3-14,19,22,24,30,32,35H,2,15-18,20-21H2,1H3;(H,6,7)/q+1;/p-1/t24?,30-,32?,36?;/m0./s1. The lowest BCUT2D eigenvalue weighted by Crippen LogP contribution is -2.65. The maximum absolute atomic E-state index is 14.1. The molecule has 0 radical (unpaired) electrons. The third-order valence-corrected chi connectivity index (χ3v) is 9.84. The van der Waals surface area contributed by atoms with Crippen LogP contribution in [-0.4, -0.2) is 73.2 Å². The summed E-state index contributed by atoms with van der Waals surface area (Å²) in [5.74, 6) is -3.36. The van der Waals surface area contributed by atoms with Crippen LogP contribution in [0.25, 0.3) is 10.1 Å². The second-order valence-electron chi connectivity index (χ2n) is 12.1. The lowest BCUT2D eigenvalue weighted by molar-refractivity contribution is -0.938. The number of hydrogen-bond donors (Lipinski definition) is 1. The predicted molar refractivity (Wildman–Crippen MR) is 175 cm³/mol. The number of ether oxygens (including phenoxy) is 2. The lowest BCUT2D eigenvalue weighted by atomic mass is 9.82. The largest absolute Gasteiger partial charge is 0.542 e. The lowest BCUT2D eigenvalue weighted by Gasteiger charge is -2.51. The molecule has 3 aromatic carbocycles. The summed E-state index contributed by atoms with van der Waals surface area (Å²) < 4.78 is 44.8. The summed E-state index contributed by atoms with van der Waals surface area (Å²) in [4.78, 5) is 48.4. The van der Waals surface area contributed by atoms with E-state index in [4.69, 9.17) is 19.4 Å². The summed E-state index contributed by atoms with van der Waals surface area (Å²) in [6.07, 6.45) is -3.59. The van der Waals surface area contributed by atoms with Gasteiger partial charge in [-0.15, -0.1) is 11.3 Å². The second-order valence-corrected chi connectivity index (χ2v) is 13.0. The molecular weight excluding hydrogens is 661 g/mol. The number of carbonyl (C=O) groups excluding carboxylic acids is 4. The van der Waals surface area contributed by atoms with Gasteiger partial charge in [0.15, 0.2) is 12.1 Å². The molecular formula is C36H35F3N2O7S. The number of carboxylic acid groups (broad SMARTS) is 1. The van der Waals surface area contributed by atoms with Crippen molar-refractivity contribution in [2.75, 3.05) is 38.1 Å². The molecule has 1 unspecified atom stereocenters. The zero-order valence-corrected chi connectivity index (χ0v) is 27.4. The Labute approximate surface area is 284 Å². The summed E-state index contributed by atoms with van der Waals surface area (Å²) >= 11 is 1.58. The predicted octanol–water partition coefficient (Wildman–Crippen LogP) is 5.56. The number of carbonyl (C=O) groups is 4. The molecule has 3 saturated heterocycles. The first-order chi connectivity index (χ1) is 23.4. The molecule has 0 amide bonds. The summed E-state index contributed by atoms with van der Waals surface area (Å²) in [6.45, 7) is 4.97. The van der Waals surface area contributed by atoms with E-state index in [1.165, 1.54) is 0 Å². The first kappa shape index (κ1) is 35.6. The number of halogens is 3. The Kier molecular flexibility index (Phi) is 11.0. The van der Waals surface area contributed by atoms with Crippen molar-refractivity contribution in [3.05, 3.63) is 101 Å². The van der Waals surface area contributed by atoms with Gasteiger partial charge in [0.1, 0.15) is 19.1 Å². The summed E-state index contributed by atoms with van der Waals surface area (Å²) in [5, 5.41) is 15.1. The average molecular weight is 697 g/mol. The van der Waals surface area contributed by atoms with Crippen molar-refractivity contribution in [1.82, 2.24) is 0 Å². The first-order valence-corrected chi connectivity index (χ1v) is 16.7. The van der Waals surface area contributed by atoms with Crippen LogP contribution in [0.1, 0.15) is 52.1 Å². The molecule has 49 heavy (non-hydrogen) atoms. The molecule has 3 fully saturated rings. The van der Waals surface area contributed by atoms with Gasteiger partial charge in [-0.1, -0.05) is 54.6 Å². The van der Waals surface area contributed by atoms with Crippen LogP contribution >= 0.6 is 11.3 Å². The minimum Gasteiger partial charge on any atom is -0.542 e. The number of Topliss-reactive ketones (excluding diaryl/α,β-unsaturated/α-hetero) is 1. The fourth-order valence-electron chi connectivity index (χ4n) is 6.42.